The number of rotatable bonds is 1. The van der Waals surface area contributed by atoms with E-state index in [-0.39, 0.29) is 22.1 Å². The van der Waals surface area contributed by atoms with Crippen LogP contribution in [-0.4, -0.2) is 15.0 Å². The van der Waals surface area contributed by atoms with E-state index in [1.54, 1.807) is 0 Å². The number of nitrogens with two attached hydrogens (primary N) is 1. The van der Waals surface area contributed by atoms with Gasteiger partial charge in [-0.25, -0.2) is 13.8 Å². The van der Waals surface area contributed by atoms with Crippen molar-refractivity contribution in [2.24, 2.45) is 0 Å². The first-order chi connectivity index (χ1) is 7.97. The zero-order chi connectivity index (χ0) is 12.6. The number of aryl methyl sites for hydroxylation is 1. The van der Waals surface area contributed by atoms with Crippen LogP contribution in [0.25, 0.3) is 11.4 Å². The first kappa shape index (κ1) is 11.6. The predicted octanol–water partition coefficient (Wildman–Crippen LogP) is 2.37. The number of halogens is 2. The Morgan fingerprint density at radius 1 is 1.24 bits per heavy atom. The Morgan fingerprint density at radius 2 is 1.94 bits per heavy atom. The number of nitrogens with zero attached hydrogens (tertiary/aromatic N) is 2. The summed E-state index contributed by atoms with van der Waals surface area (Å²) in [7, 11) is 0. The number of aromatic nitrogens is 3. The van der Waals surface area contributed by atoms with Crippen molar-refractivity contribution in [3.05, 3.63) is 34.1 Å². The molecule has 0 spiro atoms. The van der Waals surface area contributed by atoms with E-state index in [9.17, 15) is 8.78 Å². The van der Waals surface area contributed by atoms with Crippen LogP contribution in [0, 0.1) is 23.3 Å². The van der Waals surface area contributed by atoms with Crippen LogP contribution in [-0.2, 0) is 0 Å². The monoisotopic (exact) mass is 254 g/mol. The third-order valence-electron chi connectivity index (χ3n) is 2.17. The molecule has 0 aliphatic rings. The van der Waals surface area contributed by atoms with Crippen molar-refractivity contribution >= 4 is 18.2 Å². The van der Waals surface area contributed by atoms with Crippen LogP contribution in [0.5, 0.6) is 0 Å². The molecule has 4 nitrogen and oxygen atoms in total. The molecule has 0 amide bonds. The van der Waals surface area contributed by atoms with Gasteiger partial charge in [-0.2, -0.15) is 4.98 Å². The lowest BCUT2D eigenvalue weighted by Gasteiger charge is -2.05. The minimum atomic E-state index is -0.739. The van der Waals surface area contributed by atoms with Crippen molar-refractivity contribution in [3.8, 4) is 11.4 Å². The molecule has 0 fully saturated rings. The Balaban J connectivity index is 2.68. The Kier molecular flexibility index (Phi) is 2.84. The molecule has 0 aliphatic heterocycles. The maximum atomic E-state index is 13.6. The summed E-state index contributed by atoms with van der Waals surface area (Å²) in [5.74, 6) is -1.20. The topological polar surface area (TPSA) is 67.6 Å². The Morgan fingerprint density at radius 3 is 2.59 bits per heavy atom. The van der Waals surface area contributed by atoms with Gasteiger partial charge < -0.3 is 10.7 Å². The third kappa shape index (κ3) is 2.28. The minimum absolute atomic E-state index is 0.00220. The summed E-state index contributed by atoms with van der Waals surface area (Å²) < 4.78 is 26.7. The fourth-order valence-corrected chi connectivity index (χ4v) is 1.56. The molecule has 2 aromatic rings. The highest BCUT2D eigenvalue weighted by atomic mass is 32.1. The highest BCUT2D eigenvalue weighted by Gasteiger charge is 2.11. The molecule has 1 aromatic heterocycles. The van der Waals surface area contributed by atoms with Gasteiger partial charge in [0.15, 0.2) is 0 Å². The fraction of sp³-hybridized carbons (Fsp3) is 0.100. The van der Waals surface area contributed by atoms with E-state index >= 15 is 0 Å². The van der Waals surface area contributed by atoms with Crippen LogP contribution in [0.1, 0.15) is 5.56 Å². The number of aromatic amines is 1. The third-order valence-corrected chi connectivity index (χ3v) is 2.36. The van der Waals surface area contributed by atoms with Gasteiger partial charge in [0.1, 0.15) is 17.5 Å². The number of H-pyrrole nitrogens is 1. The summed E-state index contributed by atoms with van der Waals surface area (Å²) in [6.07, 6.45) is 0. The largest absolute Gasteiger partial charge is 0.369 e. The second kappa shape index (κ2) is 4.17. The summed E-state index contributed by atoms with van der Waals surface area (Å²) in [4.78, 5) is 10.1. The van der Waals surface area contributed by atoms with Gasteiger partial charge in [0.05, 0.1) is 5.56 Å². The number of hydrogen-bond acceptors (Lipinski definition) is 4. The molecule has 0 saturated heterocycles. The van der Waals surface area contributed by atoms with Crippen molar-refractivity contribution < 1.29 is 8.78 Å². The number of nitrogens with one attached hydrogen (secondary N) is 1. The van der Waals surface area contributed by atoms with Gasteiger partial charge in [-0.1, -0.05) is 0 Å². The van der Waals surface area contributed by atoms with Crippen molar-refractivity contribution in [2.45, 2.75) is 6.92 Å². The molecule has 17 heavy (non-hydrogen) atoms. The summed E-state index contributed by atoms with van der Waals surface area (Å²) in [5.41, 5.74) is 5.85. The molecule has 0 atom stereocenters. The van der Waals surface area contributed by atoms with Crippen molar-refractivity contribution in [1.82, 2.24) is 15.0 Å². The lowest BCUT2D eigenvalue weighted by molar-refractivity contribution is 0.579. The number of benzene rings is 1. The quantitative estimate of drug-likeness (QED) is 0.767. The standard InChI is InChI=1S/C10H8F2N4S/c1-4-2-5(7(12)3-6(4)11)8-14-9(13)16-10(17)15-8/h2-3H,1H3,(H3,13,14,15,16,17). The van der Waals surface area contributed by atoms with Gasteiger partial charge in [0, 0.05) is 6.07 Å². The van der Waals surface area contributed by atoms with Gasteiger partial charge in [-0.15, -0.1) is 0 Å². The van der Waals surface area contributed by atoms with E-state index in [0.29, 0.717) is 5.56 Å². The number of nitrogen functional groups attached to an aromatic ring is 1. The van der Waals surface area contributed by atoms with E-state index < -0.39 is 11.6 Å². The molecule has 0 radical (unpaired) electrons. The molecule has 0 bridgehead atoms. The second-order valence-electron chi connectivity index (χ2n) is 3.45. The predicted molar refractivity (Wildman–Crippen MR) is 61.7 cm³/mol. The SMILES string of the molecule is Cc1cc(-c2nc(=S)nc(N)[nH]2)c(F)cc1F. The van der Waals surface area contributed by atoms with Crippen LogP contribution < -0.4 is 5.73 Å². The normalized spacial score (nSPS) is 10.5. The first-order valence-corrected chi connectivity index (χ1v) is 5.08. The molecule has 0 aliphatic carbocycles. The lowest BCUT2D eigenvalue weighted by Crippen LogP contribution is -2.01. The first-order valence-electron chi connectivity index (χ1n) is 4.67. The van der Waals surface area contributed by atoms with Gasteiger partial charge in [-0.3, -0.25) is 0 Å². The summed E-state index contributed by atoms with van der Waals surface area (Å²) in [6, 6.07) is 2.12. The van der Waals surface area contributed by atoms with E-state index in [0.717, 1.165) is 6.07 Å². The van der Waals surface area contributed by atoms with E-state index in [1.165, 1.54) is 13.0 Å². The maximum absolute atomic E-state index is 13.6. The van der Waals surface area contributed by atoms with Crippen LogP contribution in [0.3, 0.4) is 0 Å². The average molecular weight is 254 g/mol. The molecule has 1 aromatic carbocycles. The molecular formula is C10H8F2N4S. The molecule has 0 unspecified atom stereocenters. The summed E-state index contributed by atoms with van der Waals surface area (Å²) >= 11 is 4.77. The van der Waals surface area contributed by atoms with Crippen molar-refractivity contribution in [3.63, 3.8) is 0 Å². The number of anilines is 1. The van der Waals surface area contributed by atoms with E-state index in [4.69, 9.17) is 18.0 Å². The molecule has 1 heterocycles. The Hall–Kier alpha value is -1.89. The zero-order valence-corrected chi connectivity index (χ0v) is 9.61. The van der Waals surface area contributed by atoms with Crippen LogP contribution in [0.2, 0.25) is 0 Å². The molecule has 7 heteroatoms. The van der Waals surface area contributed by atoms with Gasteiger partial charge in [0.25, 0.3) is 0 Å². The summed E-state index contributed by atoms with van der Waals surface area (Å²) in [5, 5.41) is 0. The fourth-order valence-electron chi connectivity index (χ4n) is 1.37. The second-order valence-corrected chi connectivity index (χ2v) is 3.81. The molecular weight excluding hydrogens is 246 g/mol. The van der Waals surface area contributed by atoms with Crippen LogP contribution in [0.4, 0.5) is 14.7 Å². The van der Waals surface area contributed by atoms with Crippen LogP contribution >= 0.6 is 12.2 Å². The smallest absolute Gasteiger partial charge is 0.224 e. The van der Waals surface area contributed by atoms with Gasteiger partial charge >= 0.3 is 0 Å². The van der Waals surface area contributed by atoms with E-state index in [1.807, 2.05) is 0 Å². The molecule has 3 N–H and O–H groups in total. The van der Waals surface area contributed by atoms with Crippen molar-refractivity contribution in [2.75, 3.05) is 5.73 Å². The highest BCUT2D eigenvalue weighted by molar-refractivity contribution is 7.71. The zero-order valence-electron chi connectivity index (χ0n) is 8.79. The minimum Gasteiger partial charge on any atom is -0.369 e. The number of hydrogen-bond donors (Lipinski definition) is 2. The maximum Gasteiger partial charge on any atom is 0.224 e. The molecule has 0 saturated carbocycles. The van der Waals surface area contributed by atoms with Gasteiger partial charge in [0.2, 0.25) is 10.7 Å². The molecule has 88 valence electrons. The Labute approximate surface area is 101 Å². The lowest BCUT2D eigenvalue weighted by atomic mass is 10.1. The molecule has 2 rings (SSSR count). The van der Waals surface area contributed by atoms with Gasteiger partial charge in [-0.05, 0) is 30.8 Å². The van der Waals surface area contributed by atoms with E-state index in [2.05, 4.69) is 15.0 Å². The average Bonchev–Trinajstić information content (AvgIpc) is 2.22. The highest BCUT2D eigenvalue weighted by Crippen LogP contribution is 2.22. The summed E-state index contributed by atoms with van der Waals surface area (Å²) in [6.45, 7) is 1.53. The van der Waals surface area contributed by atoms with Crippen molar-refractivity contribution in [1.29, 1.82) is 0 Å². The Bertz CT molecular complexity index is 639. The van der Waals surface area contributed by atoms with Crippen LogP contribution in [0.15, 0.2) is 12.1 Å².